The number of fused-ring (bicyclic) bond motifs is 1. The van der Waals surface area contributed by atoms with Gasteiger partial charge in [-0.05, 0) is 37.6 Å². The molecule has 1 aliphatic rings. The van der Waals surface area contributed by atoms with Gasteiger partial charge in [0.1, 0.15) is 5.75 Å². The Morgan fingerprint density at radius 2 is 2.26 bits per heavy atom. The van der Waals surface area contributed by atoms with Gasteiger partial charge in [0.05, 0.1) is 24.5 Å². The fraction of sp³-hybridized carbons (Fsp3) is 0.333. The van der Waals surface area contributed by atoms with E-state index in [1.54, 1.807) is 7.11 Å². The van der Waals surface area contributed by atoms with E-state index < -0.39 is 0 Å². The third-order valence-electron chi connectivity index (χ3n) is 4.49. The van der Waals surface area contributed by atoms with Crippen LogP contribution in [0.25, 0.3) is 16.8 Å². The van der Waals surface area contributed by atoms with E-state index in [0.29, 0.717) is 5.92 Å². The first kappa shape index (κ1) is 14.2. The Kier molecular flexibility index (Phi) is 3.71. The molecule has 0 aliphatic carbocycles. The lowest BCUT2D eigenvalue weighted by Crippen LogP contribution is -2.28. The van der Waals surface area contributed by atoms with E-state index in [0.717, 1.165) is 41.3 Å². The maximum absolute atomic E-state index is 5.33. The molecular weight excluding hydrogens is 288 g/mol. The van der Waals surface area contributed by atoms with Gasteiger partial charge in [0.2, 0.25) is 0 Å². The highest BCUT2D eigenvalue weighted by Gasteiger charge is 2.17. The van der Waals surface area contributed by atoms with Gasteiger partial charge < -0.3 is 10.1 Å². The molecule has 1 N–H and O–H groups in total. The minimum atomic E-state index is 0.500. The van der Waals surface area contributed by atoms with Crippen molar-refractivity contribution in [3.05, 3.63) is 48.4 Å². The summed E-state index contributed by atoms with van der Waals surface area (Å²) in [6.45, 7) is 2.13. The molecule has 0 radical (unpaired) electrons. The number of rotatable bonds is 3. The van der Waals surface area contributed by atoms with Crippen LogP contribution in [0.3, 0.4) is 0 Å². The second-order valence-electron chi connectivity index (χ2n) is 5.95. The molecule has 23 heavy (non-hydrogen) atoms. The summed E-state index contributed by atoms with van der Waals surface area (Å²) in [5.74, 6) is 1.33. The highest BCUT2D eigenvalue weighted by Crippen LogP contribution is 2.28. The first-order valence-corrected chi connectivity index (χ1v) is 8.04. The minimum absolute atomic E-state index is 0.500. The standard InChI is InChI=1S/C18H20N4O/c1-23-14-7-9-22-18(10-14)15(12-20-22)17-6-2-5-16(21-17)13-4-3-8-19-11-13/h2,5-7,9-10,12-13,19H,3-4,8,11H2,1H3. The number of hydrogen-bond donors (Lipinski definition) is 1. The van der Waals surface area contributed by atoms with Gasteiger partial charge in [0.15, 0.2) is 0 Å². The molecule has 0 amide bonds. The summed E-state index contributed by atoms with van der Waals surface area (Å²) in [6, 6.07) is 10.2. The number of nitrogens with one attached hydrogen (secondary N) is 1. The molecule has 1 atom stereocenters. The summed E-state index contributed by atoms with van der Waals surface area (Å²) in [7, 11) is 1.68. The average Bonchev–Trinajstić information content (AvgIpc) is 3.05. The lowest BCUT2D eigenvalue weighted by molar-refractivity contribution is 0.414. The number of nitrogens with zero attached hydrogens (tertiary/aromatic N) is 3. The molecule has 0 saturated carbocycles. The van der Waals surface area contributed by atoms with Gasteiger partial charge in [0, 0.05) is 36.0 Å². The summed E-state index contributed by atoms with van der Waals surface area (Å²) < 4.78 is 7.19. The van der Waals surface area contributed by atoms with Gasteiger partial charge in [-0.3, -0.25) is 4.98 Å². The van der Waals surface area contributed by atoms with Crippen molar-refractivity contribution >= 4 is 5.52 Å². The zero-order valence-electron chi connectivity index (χ0n) is 13.2. The molecule has 3 aromatic rings. The Hall–Kier alpha value is -2.40. The molecule has 0 bridgehead atoms. The van der Waals surface area contributed by atoms with Gasteiger partial charge >= 0.3 is 0 Å². The smallest absolute Gasteiger partial charge is 0.122 e. The monoisotopic (exact) mass is 308 g/mol. The molecule has 3 aromatic heterocycles. The highest BCUT2D eigenvalue weighted by atomic mass is 16.5. The fourth-order valence-electron chi connectivity index (χ4n) is 3.22. The Balaban J connectivity index is 1.75. The number of methoxy groups -OCH3 is 1. The van der Waals surface area contributed by atoms with Gasteiger partial charge in [-0.2, -0.15) is 5.10 Å². The van der Waals surface area contributed by atoms with E-state index in [-0.39, 0.29) is 0 Å². The van der Waals surface area contributed by atoms with Crippen LogP contribution in [-0.4, -0.2) is 34.8 Å². The third-order valence-corrected chi connectivity index (χ3v) is 4.49. The van der Waals surface area contributed by atoms with E-state index in [1.165, 1.54) is 12.8 Å². The highest BCUT2D eigenvalue weighted by molar-refractivity contribution is 5.78. The van der Waals surface area contributed by atoms with Crippen molar-refractivity contribution in [2.24, 2.45) is 0 Å². The second kappa shape index (κ2) is 6.01. The average molecular weight is 308 g/mol. The normalized spacial score (nSPS) is 18.2. The van der Waals surface area contributed by atoms with E-state index in [2.05, 4.69) is 28.6 Å². The van der Waals surface area contributed by atoms with Crippen LogP contribution in [0.1, 0.15) is 24.5 Å². The maximum atomic E-state index is 5.33. The number of hydrogen-bond acceptors (Lipinski definition) is 4. The quantitative estimate of drug-likeness (QED) is 0.808. The van der Waals surface area contributed by atoms with Crippen molar-refractivity contribution in [2.75, 3.05) is 20.2 Å². The van der Waals surface area contributed by atoms with Crippen molar-refractivity contribution in [1.29, 1.82) is 0 Å². The predicted molar refractivity (Wildman–Crippen MR) is 89.8 cm³/mol. The van der Waals surface area contributed by atoms with Crippen molar-refractivity contribution in [3.63, 3.8) is 0 Å². The Morgan fingerprint density at radius 1 is 1.30 bits per heavy atom. The lowest BCUT2D eigenvalue weighted by Gasteiger charge is -2.22. The third kappa shape index (κ3) is 2.68. The summed E-state index contributed by atoms with van der Waals surface area (Å²) in [6.07, 6.45) is 6.20. The molecule has 1 fully saturated rings. The van der Waals surface area contributed by atoms with Crippen LogP contribution >= 0.6 is 0 Å². The largest absolute Gasteiger partial charge is 0.497 e. The van der Waals surface area contributed by atoms with Crippen LogP contribution in [0, 0.1) is 0 Å². The molecule has 0 spiro atoms. The van der Waals surface area contributed by atoms with Crippen LogP contribution < -0.4 is 10.1 Å². The SMILES string of the molecule is COc1ccn2ncc(-c3cccc(C4CCCNC4)n3)c2c1. The molecule has 1 saturated heterocycles. The van der Waals surface area contributed by atoms with Crippen molar-refractivity contribution in [3.8, 4) is 17.0 Å². The van der Waals surface area contributed by atoms with Crippen molar-refractivity contribution < 1.29 is 4.74 Å². The molecule has 5 heteroatoms. The zero-order valence-corrected chi connectivity index (χ0v) is 13.2. The number of aromatic nitrogens is 3. The Bertz CT molecular complexity index is 821. The first-order valence-electron chi connectivity index (χ1n) is 8.04. The molecule has 118 valence electrons. The van der Waals surface area contributed by atoms with Crippen molar-refractivity contribution in [2.45, 2.75) is 18.8 Å². The van der Waals surface area contributed by atoms with E-state index >= 15 is 0 Å². The molecule has 5 nitrogen and oxygen atoms in total. The lowest BCUT2D eigenvalue weighted by atomic mass is 9.95. The van der Waals surface area contributed by atoms with Gasteiger partial charge in [-0.15, -0.1) is 0 Å². The topological polar surface area (TPSA) is 51.5 Å². The molecule has 4 heterocycles. The second-order valence-corrected chi connectivity index (χ2v) is 5.95. The molecule has 1 unspecified atom stereocenters. The number of piperidine rings is 1. The number of pyridine rings is 2. The fourth-order valence-corrected chi connectivity index (χ4v) is 3.22. The zero-order chi connectivity index (χ0) is 15.6. The van der Waals surface area contributed by atoms with E-state index in [9.17, 15) is 0 Å². The Labute approximate surface area is 135 Å². The van der Waals surface area contributed by atoms with Gasteiger partial charge in [-0.25, -0.2) is 4.52 Å². The summed E-state index contributed by atoms with van der Waals surface area (Å²) in [5, 5.41) is 7.88. The van der Waals surface area contributed by atoms with Crippen molar-refractivity contribution in [1.82, 2.24) is 19.9 Å². The van der Waals surface area contributed by atoms with E-state index in [4.69, 9.17) is 9.72 Å². The maximum Gasteiger partial charge on any atom is 0.122 e. The number of ether oxygens (including phenoxy) is 1. The van der Waals surface area contributed by atoms with Crippen LogP contribution in [0.4, 0.5) is 0 Å². The van der Waals surface area contributed by atoms with Gasteiger partial charge in [-0.1, -0.05) is 6.07 Å². The molecule has 0 aromatic carbocycles. The summed E-state index contributed by atoms with van der Waals surface area (Å²) in [5.41, 5.74) is 4.18. The minimum Gasteiger partial charge on any atom is -0.497 e. The molecular formula is C18H20N4O. The van der Waals surface area contributed by atoms with E-state index in [1.807, 2.05) is 29.0 Å². The predicted octanol–water partition coefficient (Wildman–Crippen LogP) is 2.87. The first-order chi connectivity index (χ1) is 11.3. The van der Waals surface area contributed by atoms with Crippen LogP contribution in [0.15, 0.2) is 42.7 Å². The molecule has 1 aliphatic heterocycles. The molecule has 4 rings (SSSR count). The summed E-state index contributed by atoms with van der Waals surface area (Å²) in [4.78, 5) is 4.91. The summed E-state index contributed by atoms with van der Waals surface area (Å²) >= 11 is 0. The van der Waals surface area contributed by atoms with Crippen LogP contribution in [0.5, 0.6) is 5.75 Å². The van der Waals surface area contributed by atoms with Crippen LogP contribution in [-0.2, 0) is 0 Å². The Morgan fingerprint density at radius 3 is 3.09 bits per heavy atom. The van der Waals surface area contributed by atoms with Gasteiger partial charge in [0.25, 0.3) is 0 Å². The van der Waals surface area contributed by atoms with Crippen LogP contribution in [0.2, 0.25) is 0 Å².